The lowest BCUT2D eigenvalue weighted by molar-refractivity contribution is -0.130. The van der Waals surface area contributed by atoms with Gasteiger partial charge in [0, 0.05) is 38.7 Å². The van der Waals surface area contributed by atoms with E-state index in [2.05, 4.69) is 20.0 Å². The number of hydrogen-bond donors (Lipinski definition) is 0. The lowest BCUT2D eigenvalue weighted by Crippen LogP contribution is -2.31. The molecule has 2 saturated heterocycles. The maximum atomic E-state index is 12.4. The number of rotatable bonds is 6. The van der Waals surface area contributed by atoms with Crippen molar-refractivity contribution in [2.75, 3.05) is 31.1 Å². The molecule has 8 heteroatoms. The van der Waals surface area contributed by atoms with Gasteiger partial charge in [-0.15, -0.1) is 0 Å². The Morgan fingerprint density at radius 2 is 2.15 bits per heavy atom. The van der Waals surface area contributed by atoms with Crippen molar-refractivity contribution < 1.29 is 9.53 Å². The second-order valence-corrected chi connectivity index (χ2v) is 6.80. The van der Waals surface area contributed by atoms with Gasteiger partial charge in [0.05, 0.1) is 13.1 Å². The van der Waals surface area contributed by atoms with Crippen LogP contribution in [0.15, 0.2) is 31.0 Å². The summed E-state index contributed by atoms with van der Waals surface area (Å²) in [5.41, 5.74) is 0. The highest BCUT2D eigenvalue weighted by atomic mass is 16.5. The number of anilines is 1. The minimum absolute atomic E-state index is 0.0240. The highest BCUT2D eigenvalue weighted by Crippen LogP contribution is 2.30. The van der Waals surface area contributed by atoms with E-state index in [1.807, 2.05) is 23.2 Å². The second kappa shape index (κ2) is 7.72. The Morgan fingerprint density at radius 3 is 2.96 bits per heavy atom. The molecule has 8 nitrogen and oxygen atoms in total. The number of hydrogen-bond acceptors (Lipinski definition) is 6. The van der Waals surface area contributed by atoms with Crippen LogP contribution in [-0.2, 0) is 11.3 Å². The summed E-state index contributed by atoms with van der Waals surface area (Å²) in [6, 6.07) is 3.89. The molecule has 0 radical (unpaired) electrons. The van der Waals surface area contributed by atoms with Crippen LogP contribution in [0, 0.1) is 0 Å². The fourth-order valence-corrected chi connectivity index (χ4v) is 3.59. The van der Waals surface area contributed by atoms with Crippen LogP contribution < -0.4 is 9.64 Å². The van der Waals surface area contributed by atoms with Gasteiger partial charge >= 0.3 is 0 Å². The number of nitrogens with zero attached hydrogens (tertiary/aromatic N) is 6. The summed E-state index contributed by atoms with van der Waals surface area (Å²) in [6.45, 7) is 3.99. The van der Waals surface area contributed by atoms with Crippen LogP contribution in [0.5, 0.6) is 5.75 Å². The van der Waals surface area contributed by atoms with Crippen molar-refractivity contribution >= 4 is 11.7 Å². The smallest absolute Gasteiger partial charge is 0.224 e. The van der Waals surface area contributed by atoms with E-state index in [9.17, 15) is 4.79 Å². The minimum Gasteiger partial charge on any atom is -0.485 e. The molecule has 0 N–H and O–H groups in total. The van der Waals surface area contributed by atoms with Gasteiger partial charge < -0.3 is 14.5 Å². The van der Waals surface area contributed by atoms with Gasteiger partial charge in [0.1, 0.15) is 18.8 Å². The second-order valence-electron chi connectivity index (χ2n) is 6.80. The molecule has 0 unspecified atom stereocenters. The van der Waals surface area contributed by atoms with Gasteiger partial charge in [0.2, 0.25) is 5.91 Å². The topological polar surface area (TPSA) is 76.4 Å². The van der Waals surface area contributed by atoms with E-state index < -0.39 is 0 Å². The Labute approximate surface area is 152 Å². The number of likely N-dealkylation sites (tertiary alicyclic amines) is 1. The molecule has 2 aromatic heterocycles. The van der Waals surface area contributed by atoms with Crippen LogP contribution in [0.3, 0.4) is 0 Å². The van der Waals surface area contributed by atoms with Gasteiger partial charge in [-0.3, -0.25) is 9.48 Å². The number of pyridine rings is 1. The average molecular weight is 356 g/mol. The molecule has 0 aliphatic carbocycles. The minimum atomic E-state index is 0.0240. The first-order chi connectivity index (χ1) is 12.8. The average Bonchev–Trinajstić information content (AvgIpc) is 3.42. The summed E-state index contributed by atoms with van der Waals surface area (Å²) in [5, 5.41) is 4.03. The molecule has 1 atom stereocenters. The molecule has 0 aromatic carbocycles. The quantitative estimate of drug-likeness (QED) is 0.777. The van der Waals surface area contributed by atoms with Crippen LogP contribution >= 0.6 is 0 Å². The van der Waals surface area contributed by atoms with Crippen molar-refractivity contribution in [2.45, 2.75) is 38.3 Å². The molecule has 4 rings (SSSR count). The van der Waals surface area contributed by atoms with Crippen LogP contribution in [0.1, 0.15) is 25.7 Å². The number of ether oxygens (including phenoxy) is 1. The molecule has 2 fully saturated rings. The number of aromatic nitrogens is 4. The fourth-order valence-electron chi connectivity index (χ4n) is 3.59. The van der Waals surface area contributed by atoms with E-state index in [1.165, 1.54) is 19.2 Å². The molecule has 2 aromatic rings. The van der Waals surface area contributed by atoms with Gasteiger partial charge in [0.25, 0.3) is 0 Å². The predicted octanol–water partition coefficient (Wildman–Crippen LogP) is 1.34. The molecular weight excluding hydrogens is 332 g/mol. The Balaban J connectivity index is 1.32. The van der Waals surface area contributed by atoms with Gasteiger partial charge in [-0.25, -0.2) is 9.97 Å². The third-order valence-corrected chi connectivity index (χ3v) is 4.97. The third kappa shape index (κ3) is 3.79. The SMILES string of the molecule is O=C(CCn1cncn1)N1CC[C@H](Oc2cccnc2N2CCCC2)C1. The molecule has 0 spiro atoms. The normalized spacial score (nSPS) is 19.9. The van der Waals surface area contributed by atoms with Crippen LogP contribution in [0.2, 0.25) is 0 Å². The first-order valence-electron chi connectivity index (χ1n) is 9.26. The van der Waals surface area contributed by atoms with E-state index >= 15 is 0 Å². The maximum absolute atomic E-state index is 12.4. The lowest BCUT2D eigenvalue weighted by Gasteiger charge is -2.22. The zero-order valence-corrected chi connectivity index (χ0v) is 14.8. The number of amides is 1. The molecule has 2 aliphatic heterocycles. The zero-order chi connectivity index (χ0) is 17.8. The first kappa shape index (κ1) is 16.8. The van der Waals surface area contributed by atoms with E-state index in [1.54, 1.807) is 11.0 Å². The zero-order valence-electron chi connectivity index (χ0n) is 14.8. The predicted molar refractivity (Wildman–Crippen MR) is 95.9 cm³/mol. The molecule has 2 aliphatic rings. The monoisotopic (exact) mass is 356 g/mol. The lowest BCUT2D eigenvalue weighted by atomic mass is 10.3. The number of aryl methyl sites for hydroxylation is 1. The molecule has 1 amide bonds. The largest absolute Gasteiger partial charge is 0.485 e. The van der Waals surface area contributed by atoms with Crippen molar-refractivity contribution in [3.63, 3.8) is 0 Å². The van der Waals surface area contributed by atoms with Crippen molar-refractivity contribution in [3.8, 4) is 5.75 Å². The Morgan fingerprint density at radius 1 is 1.27 bits per heavy atom. The third-order valence-electron chi connectivity index (χ3n) is 4.97. The van der Waals surface area contributed by atoms with E-state index in [0.717, 1.165) is 37.6 Å². The summed E-state index contributed by atoms with van der Waals surface area (Å²) >= 11 is 0. The van der Waals surface area contributed by atoms with Crippen LogP contribution in [-0.4, -0.2) is 62.8 Å². The molecule has 0 saturated carbocycles. The van der Waals surface area contributed by atoms with Crippen LogP contribution in [0.25, 0.3) is 0 Å². The van der Waals surface area contributed by atoms with Crippen molar-refractivity contribution in [1.82, 2.24) is 24.6 Å². The van der Waals surface area contributed by atoms with Crippen molar-refractivity contribution in [3.05, 3.63) is 31.0 Å². The van der Waals surface area contributed by atoms with Crippen LogP contribution in [0.4, 0.5) is 5.82 Å². The highest BCUT2D eigenvalue weighted by molar-refractivity contribution is 5.76. The molecule has 0 bridgehead atoms. The fraction of sp³-hybridized carbons (Fsp3) is 0.556. The van der Waals surface area contributed by atoms with Gasteiger partial charge in [-0.2, -0.15) is 5.10 Å². The summed E-state index contributed by atoms with van der Waals surface area (Å²) in [7, 11) is 0. The molecule has 26 heavy (non-hydrogen) atoms. The van der Waals surface area contributed by atoms with E-state index in [0.29, 0.717) is 19.5 Å². The van der Waals surface area contributed by atoms with E-state index in [-0.39, 0.29) is 12.0 Å². The molecular formula is C18H24N6O2. The summed E-state index contributed by atoms with van der Waals surface area (Å²) in [5.74, 6) is 1.90. The summed E-state index contributed by atoms with van der Waals surface area (Å²) < 4.78 is 7.90. The van der Waals surface area contributed by atoms with E-state index in [4.69, 9.17) is 4.74 Å². The summed E-state index contributed by atoms with van der Waals surface area (Å²) in [4.78, 5) is 25.0. The standard InChI is InChI=1S/C18H24N6O2/c25-17(6-11-24-14-19-13-21-24)23-10-5-15(12-23)26-16-4-3-7-20-18(16)22-8-1-2-9-22/h3-4,7,13-15H,1-2,5-6,8-12H2/t15-/m0/s1. The number of carbonyl (C=O) groups excluding carboxylic acids is 1. The first-order valence-corrected chi connectivity index (χ1v) is 9.26. The Hall–Kier alpha value is -2.64. The van der Waals surface area contributed by atoms with Gasteiger partial charge in [-0.1, -0.05) is 0 Å². The Bertz CT molecular complexity index is 729. The molecule has 4 heterocycles. The van der Waals surface area contributed by atoms with Crippen molar-refractivity contribution in [1.29, 1.82) is 0 Å². The highest BCUT2D eigenvalue weighted by Gasteiger charge is 2.28. The summed E-state index contributed by atoms with van der Waals surface area (Å²) in [6.07, 6.45) is 8.64. The van der Waals surface area contributed by atoms with Gasteiger partial charge in [0.15, 0.2) is 11.6 Å². The molecule has 138 valence electrons. The maximum Gasteiger partial charge on any atom is 0.224 e. The van der Waals surface area contributed by atoms with Gasteiger partial charge in [-0.05, 0) is 25.0 Å². The Kier molecular flexibility index (Phi) is 4.99. The van der Waals surface area contributed by atoms with Crippen molar-refractivity contribution in [2.24, 2.45) is 0 Å². The number of carbonyl (C=O) groups is 1.